The Hall–Kier alpha value is -1.70. The van der Waals surface area contributed by atoms with Crippen LogP contribution >= 0.6 is 0 Å². The van der Waals surface area contributed by atoms with Crippen molar-refractivity contribution in [3.8, 4) is 0 Å². The lowest BCUT2D eigenvalue weighted by Gasteiger charge is -2.18. The minimum absolute atomic E-state index is 0.553. The molecule has 0 N–H and O–H groups in total. The normalized spacial score (nSPS) is 14.0. The van der Waals surface area contributed by atoms with Gasteiger partial charge in [-0.3, -0.25) is 9.97 Å². The minimum atomic E-state index is 0.553. The Morgan fingerprint density at radius 2 is 1.57 bits per heavy atom. The van der Waals surface area contributed by atoms with Gasteiger partial charge >= 0.3 is 0 Å². The molecule has 112 valence electrons. The first-order valence-electron chi connectivity index (χ1n) is 7.83. The third kappa shape index (κ3) is 3.90. The Morgan fingerprint density at radius 1 is 0.905 bits per heavy atom. The summed E-state index contributed by atoms with van der Waals surface area (Å²) in [4.78, 5) is 8.85. The zero-order chi connectivity index (χ0) is 15.4. The van der Waals surface area contributed by atoms with Gasteiger partial charge in [0.15, 0.2) is 0 Å². The lowest BCUT2D eigenvalue weighted by Crippen LogP contribution is -2.03. The summed E-state index contributed by atoms with van der Waals surface area (Å²) in [6.07, 6.45) is 6.25. The molecule has 2 unspecified atom stereocenters. The number of hydrogen-bond acceptors (Lipinski definition) is 2. The van der Waals surface area contributed by atoms with Crippen LogP contribution in [0, 0.1) is 20.8 Å². The first-order valence-corrected chi connectivity index (χ1v) is 7.83. The van der Waals surface area contributed by atoms with Gasteiger partial charge in [-0.2, -0.15) is 0 Å². The Balaban J connectivity index is 2.01. The van der Waals surface area contributed by atoms with Gasteiger partial charge in [0.05, 0.1) is 0 Å². The maximum Gasteiger partial charge on any atom is 0.0410 e. The average Bonchev–Trinajstić information content (AvgIpc) is 2.45. The summed E-state index contributed by atoms with van der Waals surface area (Å²) in [5, 5.41) is 0. The standard InChI is InChI=1S/C19H26N2/c1-13(18-9-8-16(4)21-17(18)5)6-7-14(2)19-12-20-11-10-15(19)3/h8-14H,6-7H2,1-5H3. The second kappa shape index (κ2) is 6.84. The molecule has 0 aliphatic rings. The largest absolute Gasteiger partial charge is 0.264 e. The van der Waals surface area contributed by atoms with Crippen molar-refractivity contribution >= 4 is 0 Å². The molecule has 0 radical (unpaired) electrons. The fraction of sp³-hybridized carbons (Fsp3) is 0.474. The third-order valence-electron chi connectivity index (χ3n) is 4.44. The van der Waals surface area contributed by atoms with E-state index in [2.05, 4.69) is 62.8 Å². The van der Waals surface area contributed by atoms with Gasteiger partial charge in [-0.15, -0.1) is 0 Å². The van der Waals surface area contributed by atoms with Crippen molar-refractivity contribution in [1.29, 1.82) is 0 Å². The molecule has 2 aromatic rings. The summed E-state index contributed by atoms with van der Waals surface area (Å²) in [5.74, 6) is 1.11. The third-order valence-corrected chi connectivity index (χ3v) is 4.44. The molecule has 0 fully saturated rings. The van der Waals surface area contributed by atoms with Gasteiger partial charge < -0.3 is 0 Å². The SMILES string of the molecule is Cc1ccc(C(C)CCC(C)c2cnccc2C)c(C)n1. The van der Waals surface area contributed by atoms with Gasteiger partial charge in [-0.25, -0.2) is 0 Å². The van der Waals surface area contributed by atoms with Crippen molar-refractivity contribution in [2.24, 2.45) is 0 Å². The molecule has 2 heteroatoms. The van der Waals surface area contributed by atoms with E-state index in [9.17, 15) is 0 Å². The van der Waals surface area contributed by atoms with E-state index in [1.54, 1.807) is 0 Å². The molecule has 2 aromatic heterocycles. The van der Waals surface area contributed by atoms with Crippen LogP contribution in [0.25, 0.3) is 0 Å². The fourth-order valence-electron chi connectivity index (χ4n) is 3.02. The molecule has 2 nitrogen and oxygen atoms in total. The quantitative estimate of drug-likeness (QED) is 0.763. The maximum atomic E-state index is 4.58. The van der Waals surface area contributed by atoms with Gasteiger partial charge in [0.1, 0.15) is 0 Å². The average molecular weight is 282 g/mol. The molecule has 2 atom stereocenters. The van der Waals surface area contributed by atoms with Crippen molar-refractivity contribution < 1.29 is 0 Å². The van der Waals surface area contributed by atoms with Crippen molar-refractivity contribution in [2.45, 2.75) is 59.3 Å². The lowest BCUT2D eigenvalue weighted by molar-refractivity contribution is 0.568. The first kappa shape index (κ1) is 15.7. The van der Waals surface area contributed by atoms with Crippen molar-refractivity contribution in [3.05, 3.63) is 58.7 Å². The Bertz CT molecular complexity index is 604. The van der Waals surface area contributed by atoms with E-state index in [0.717, 1.165) is 5.69 Å². The van der Waals surface area contributed by atoms with E-state index in [0.29, 0.717) is 11.8 Å². The van der Waals surface area contributed by atoms with Gasteiger partial charge in [0, 0.05) is 23.8 Å². The molecule has 0 amide bonds. The molecule has 21 heavy (non-hydrogen) atoms. The fourth-order valence-corrected chi connectivity index (χ4v) is 3.02. The van der Waals surface area contributed by atoms with Gasteiger partial charge in [0.25, 0.3) is 0 Å². The highest BCUT2D eigenvalue weighted by molar-refractivity contribution is 5.26. The minimum Gasteiger partial charge on any atom is -0.264 e. The molecule has 0 aliphatic carbocycles. The summed E-state index contributed by atoms with van der Waals surface area (Å²) in [6.45, 7) is 11.0. The highest BCUT2D eigenvalue weighted by atomic mass is 14.7. The molecule has 2 heterocycles. The van der Waals surface area contributed by atoms with E-state index >= 15 is 0 Å². The van der Waals surface area contributed by atoms with Crippen LogP contribution in [0.1, 0.15) is 66.6 Å². The van der Waals surface area contributed by atoms with Crippen LogP contribution in [-0.4, -0.2) is 9.97 Å². The Labute approximate surface area is 128 Å². The van der Waals surface area contributed by atoms with E-state index < -0.39 is 0 Å². The van der Waals surface area contributed by atoms with Gasteiger partial charge in [0.2, 0.25) is 0 Å². The molecular weight excluding hydrogens is 256 g/mol. The lowest BCUT2D eigenvalue weighted by atomic mass is 9.88. The number of rotatable bonds is 5. The number of aryl methyl sites for hydroxylation is 3. The molecule has 2 rings (SSSR count). The van der Waals surface area contributed by atoms with Crippen molar-refractivity contribution in [3.63, 3.8) is 0 Å². The first-order chi connectivity index (χ1) is 9.99. The predicted molar refractivity (Wildman–Crippen MR) is 88.7 cm³/mol. The molecule has 0 saturated heterocycles. The molecule has 0 aromatic carbocycles. The van der Waals surface area contributed by atoms with Crippen LogP contribution in [-0.2, 0) is 0 Å². The van der Waals surface area contributed by atoms with Crippen LogP contribution < -0.4 is 0 Å². The van der Waals surface area contributed by atoms with Crippen LogP contribution in [0.4, 0.5) is 0 Å². The zero-order valence-electron chi connectivity index (χ0n) is 13.9. The molecule has 0 spiro atoms. The van der Waals surface area contributed by atoms with Crippen molar-refractivity contribution in [1.82, 2.24) is 9.97 Å². The summed E-state index contributed by atoms with van der Waals surface area (Å²) >= 11 is 0. The Kier molecular flexibility index (Phi) is 5.11. The topological polar surface area (TPSA) is 25.8 Å². The highest BCUT2D eigenvalue weighted by Crippen LogP contribution is 2.29. The predicted octanol–water partition coefficient (Wildman–Crippen LogP) is 5.09. The second-order valence-electron chi connectivity index (χ2n) is 6.24. The molecule has 0 aliphatic heterocycles. The van der Waals surface area contributed by atoms with Crippen LogP contribution in [0.15, 0.2) is 30.6 Å². The van der Waals surface area contributed by atoms with Crippen LogP contribution in [0.3, 0.4) is 0 Å². The van der Waals surface area contributed by atoms with E-state index in [1.807, 2.05) is 12.4 Å². The second-order valence-corrected chi connectivity index (χ2v) is 6.24. The summed E-state index contributed by atoms with van der Waals surface area (Å²) < 4.78 is 0. The Morgan fingerprint density at radius 3 is 2.19 bits per heavy atom. The maximum absolute atomic E-state index is 4.58. The number of hydrogen-bond donors (Lipinski definition) is 0. The van der Waals surface area contributed by atoms with E-state index in [-0.39, 0.29) is 0 Å². The number of aromatic nitrogens is 2. The summed E-state index contributed by atoms with van der Waals surface area (Å²) in [7, 11) is 0. The van der Waals surface area contributed by atoms with Crippen LogP contribution in [0.5, 0.6) is 0 Å². The number of pyridine rings is 2. The van der Waals surface area contributed by atoms with Gasteiger partial charge in [-0.05, 0) is 74.3 Å². The monoisotopic (exact) mass is 282 g/mol. The molecule has 0 bridgehead atoms. The molecular formula is C19H26N2. The highest BCUT2D eigenvalue weighted by Gasteiger charge is 2.14. The van der Waals surface area contributed by atoms with E-state index in [1.165, 1.54) is 35.2 Å². The van der Waals surface area contributed by atoms with E-state index in [4.69, 9.17) is 0 Å². The van der Waals surface area contributed by atoms with Crippen LogP contribution in [0.2, 0.25) is 0 Å². The summed E-state index contributed by atoms with van der Waals surface area (Å²) in [5.41, 5.74) is 6.38. The van der Waals surface area contributed by atoms with Crippen molar-refractivity contribution in [2.75, 3.05) is 0 Å². The summed E-state index contributed by atoms with van der Waals surface area (Å²) in [6, 6.07) is 6.46. The van der Waals surface area contributed by atoms with Gasteiger partial charge in [-0.1, -0.05) is 19.9 Å². The molecule has 0 saturated carbocycles. The zero-order valence-corrected chi connectivity index (χ0v) is 13.9. The smallest absolute Gasteiger partial charge is 0.0410 e. The number of nitrogens with zero attached hydrogens (tertiary/aromatic N) is 2.